The normalized spacial score (nSPS) is 10.5. The molecular formula is C18H22N4S. The third kappa shape index (κ3) is 5.38. The highest BCUT2D eigenvalue weighted by Gasteiger charge is 2.04. The number of hydrazone groups is 1. The summed E-state index contributed by atoms with van der Waals surface area (Å²) in [5.74, 6) is 0. The van der Waals surface area contributed by atoms with E-state index < -0.39 is 0 Å². The standard InChI is InChI=1S/C18H22N4S/c1-3-22(14-16-7-5-4-6-8-16)17-11-9-15(10-12-17)13-20-21-18(23)19-2/h4-13H,3,14H2,1-2H3,(H2,19,21,23)/b20-13-. The number of nitrogens with zero attached hydrogens (tertiary/aromatic N) is 2. The lowest BCUT2D eigenvalue weighted by molar-refractivity contribution is 0.832. The van der Waals surface area contributed by atoms with Gasteiger partial charge in [0.05, 0.1) is 6.21 Å². The first-order valence-corrected chi connectivity index (χ1v) is 8.03. The van der Waals surface area contributed by atoms with E-state index in [1.165, 1.54) is 11.3 Å². The van der Waals surface area contributed by atoms with Crippen LogP contribution in [-0.2, 0) is 6.54 Å². The van der Waals surface area contributed by atoms with Gasteiger partial charge in [0.2, 0.25) is 0 Å². The largest absolute Gasteiger partial charge is 0.367 e. The zero-order valence-electron chi connectivity index (χ0n) is 13.5. The molecule has 0 saturated heterocycles. The number of anilines is 1. The van der Waals surface area contributed by atoms with Crippen LogP contribution in [0.4, 0.5) is 5.69 Å². The van der Waals surface area contributed by atoms with Crippen LogP contribution in [0.1, 0.15) is 18.1 Å². The molecule has 5 heteroatoms. The Hall–Kier alpha value is -2.40. The van der Waals surface area contributed by atoms with Crippen molar-refractivity contribution < 1.29 is 0 Å². The Morgan fingerprint density at radius 3 is 2.43 bits per heavy atom. The van der Waals surface area contributed by atoms with Gasteiger partial charge in [0.15, 0.2) is 5.11 Å². The summed E-state index contributed by atoms with van der Waals surface area (Å²) in [6, 6.07) is 18.8. The van der Waals surface area contributed by atoms with Gasteiger partial charge < -0.3 is 10.2 Å². The molecule has 0 aliphatic carbocycles. The smallest absolute Gasteiger partial charge is 0.186 e. The maximum Gasteiger partial charge on any atom is 0.186 e. The number of hydrogen-bond donors (Lipinski definition) is 2. The molecular weight excluding hydrogens is 304 g/mol. The van der Waals surface area contributed by atoms with Crippen LogP contribution in [-0.4, -0.2) is 24.9 Å². The SMILES string of the molecule is CCN(Cc1ccccc1)c1ccc(/C=N\NC(=S)NC)cc1. The number of benzene rings is 2. The van der Waals surface area contributed by atoms with Crippen molar-refractivity contribution in [3.8, 4) is 0 Å². The first kappa shape index (κ1) is 17.0. The fourth-order valence-electron chi connectivity index (χ4n) is 2.18. The van der Waals surface area contributed by atoms with E-state index in [-0.39, 0.29) is 0 Å². The topological polar surface area (TPSA) is 39.7 Å². The van der Waals surface area contributed by atoms with Gasteiger partial charge in [0, 0.05) is 25.8 Å². The first-order valence-electron chi connectivity index (χ1n) is 7.62. The van der Waals surface area contributed by atoms with Gasteiger partial charge in [-0.05, 0) is 42.4 Å². The molecule has 0 unspecified atom stereocenters. The summed E-state index contributed by atoms with van der Waals surface area (Å²) in [5, 5.41) is 7.39. The van der Waals surface area contributed by atoms with Crippen molar-refractivity contribution >= 4 is 29.2 Å². The third-order valence-electron chi connectivity index (χ3n) is 3.46. The van der Waals surface area contributed by atoms with E-state index in [1.807, 2.05) is 6.07 Å². The van der Waals surface area contributed by atoms with Gasteiger partial charge in [-0.1, -0.05) is 42.5 Å². The highest BCUT2D eigenvalue weighted by Crippen LogP contribution is 2.17. The molecule has 0 aliphatic heterocycles. The van der Waals surface area contributed by atoms with E-state index in [1.54, 1.807) is 13.3 Å². The summed E-state index contributed by atoms with van der Waals surface area (Å²) >= 11 is 4.96. The molecule has 0 radical (unpaired) electrons. The number of rotatable bonds is 6. The van der Waals surface area contributed by atoms with Gasteiger partial charge in [-0.3, -0.25) is 5.43 Å². The highest BCUT2D eigenvalue weighted by molar-refractivity contribution is 7.80. The van der Waals surface area contributed by atoms with Gasteiger partial charge in [-0.15, -0.1) is 0 Å². The van der Waals surface area contributed by atoms with Crippen LogP contribution in [0.25, 0.3) is 0 Å². The van der Waals surface area contributed by atoms with Crippen molar-refractivity contribution in [2.24, 2.45) is 5.10 Å². The van der Waals surface area contributed by atoms with E-state index >= 15 is 0 Å². The van der Waals surface area contributed by atoms with Gasteiger partial charge in [0.25, 0.3) is 0 Å². The second-order valence-electron chi connectivity index (χ2n) is 5.04. The minimum absolute atomic E-state index is 0.498. The molecule has 2 aromatic rings. The van der Waals surface area contributed by atoms with E-state index in [4.69, 9.17) is 12.2 Å². The number of nitrogens with one attached hydrogen (secondary N) is 2. The summed E-state index contributed by atoms with van der Waals surface area (Å²) in [7, 11) is 1.76. The Balaban J connectivity index is 2.00. The van der Waals surface area contributed by atoms with Crippen LogP contribution in [0.15, 0.2) is 59.7 Å². The highest BCUT2D eigenvalue weighted by atomic mass is 32.1. The number of thiocarbonyl (C=S) groups is 1. The van der Waals surface area contributed by atoms with Crippen LogP contribution in [0, 0.1) is 0 Å². The molecule has 0 aromatic heterocycles. The maximum atomic E-state index is 4.96. The van der Waals surface area contributed by atoms with Crippen molar-refractivity contribution in [1.29, 1.82) is 0 Å². The van der Waals surface area contributed by atoms with E-state index in [0.717, 1.165) is 18.7 Å². The number of hydrogen-bond acceptors (Lipinski definition) is 3. The van der Waals surface area contributed by atoms with Crippen molar-refractivity contribution in [3.63, 3.8) is 0 Å². The lowest BCUT2D eigenvalue weighted by atomic mass is 10.1. The van der Waals surface area contributed by atoms with E-state index in [9.17, 15) is 0 Å². The van der Waals surface area contributed by atoms with Crippen LogP contribution < -0.4 is 15.6 Å². The van der Waals surface area contributed by atoms with Gasteiger partial charge in [-0.25, -0.2) is 0 Å². The molecule has 0 atom stereocenters. The van der Waals surface area contributed by atoms with Gasteiger partial charge >= 0.3 is 0 Å². The summed E-state index contributed by atoms with van der Waals surface area (Å²) in [5.41, 5.74) is 6.28. The minimum Gasteiger partial charge on any atom is -0.367 e. The maximum absolute atomic E-state index is 4.96. The Kier molecular flexibility index (Phi) is 6.56. The molecule has 0 aliphatic rings. The fourth-order valence-corrected chi connectivity index (χ4v) is 2.23. The fraction of sp³-hybridized carbons (Fsp3) is 0.222. The lowest BCUT2D eigenvalue weighted by Crippen LogP contribution is -2.28. The third-order valence-corrected chi connectivity index (χ3v) is 3.76. The Labute approximate surface area is 143 Å². The quantitative estimate of drug-likeness (QED) is 0.486. The molecule has 23 heavy (non-hydrogen) atoms. The van der Waals surface area contributed by atoms with Crippen molar-refractivity contribution in [3.05, 3.63) is 65.7 Å². The Morgan fingerprint density at radius 1 is 1.13 bits per heavy atom. The summed E-state index contributed by atoms with van der Waals surface area (Å²) < 4.78 is 0. The van der Waals surface area contributed by atoms with Crippen molar-refractivity contribution in [2.45, 2.75) is 13.5 Å². The predicted octanol–water partition coefficient (Wildman–Crippen LogP) is 3.14. The Bertz CT molecular complexity index is 638. The van der Waals surface area contributed by atoms with Crippen molar-refractivity contribution in [2.75, 3.05) is 18.5 Å². The van der Waals surface area contributed by atoms with E-state index in [2.05, 4.69) is 76.2 Å². The zero-order valence-corrected chi connectivity index (χ0v) is 14.3. The molecule has 2 N–H and O–H groups in total. The molecule has 0 amide bonds. The molecule has 120 valence electrons. The van der Waals surface area contributed by atoms with E-state index in [0.29, 0.717) is 5.11 Å². The summed E-state index contributed by atoms with van der Waals surface area (Å²) in [4.78, 5) is 2.34. The van der Waals surface area contributed by atoms with Crippen molar-refractivity contribution in [1.82, 2.24) is 10.7 Å². The van der Waals surface area contributed by atoms with Crippen LogP contribution in [0.5, 0.6) is 0 Å². The Morgan fingerprint density at radius 2 is 1.83 bits per heavy atom. The first-order chi connectivity index (χ1) is 11.2. The van der Waals surface area contributed by atoms with Gasteiger partial charge in [0.1, 0.15) is 0 Å². The average molecular weight is 326 g/mol. The predicted molar refractivity (Wildman–Crippen MR) is 102 cm³/mol. The molecule has 0 heterocycles. The van der Waals surface area contributed by atoms with Crippen LogP contribution in [0.2, 0.25) is 0 Å². The zero-order chi connectivity index (χ0) is 16.5. The molecule has 0 bridgehead atoms. The average Bonchev–Trinajstić information content (AvgIpc) is 2.61. The lowest BCUT2D eigenvalue weighted by Gasteiger charge is -2.23. The van der Waals surface area contributed by atoms with Crippen LogP contribution >= 0.6 is 12.2 Å². The molecule has 0 saturated carbocycles. The second-order valence-corrected chi connectivity index (χ2v) is 5.45. The second kappa shape index (κ2) is 8.90. The minimum atomic E-state index is 0.498. The molecule has 0 spiro atoms. The summed E-state index contributed by atoms with van der Waals surface area (Å²) in [6.07, 6.45) is 1.75. The van der Waals surface area contributed by atoms with Gasteiger partial charge in [-0.2, -0.15) is 5.10 Å². The summed E-state index contributed by atoms with van der Waals surface area (Å²) in [6.45, 7) is 4.03. The molecule has 2 rings (SSSR count). The molecule has 4 nitrogen and oxygen atoms in total. The molecule has 0 fully saturated rings. The monoisotopic (exact) mass is 326 g/mol. The van der Waals surface area contributed by atoms with Crippen LogP contribution in [0.3, 0.4) is 0 Å². The molecule has 2 aromatic carbocycles.